The van der Waals surface area contributed by atoms with Crippen LogP contribution in [0.3, 0.4) is 0 Å². The minimum Gasteiger partial charge on any atom is -0.285 e. The second kappa shape index (κ2) is 9.99. The van der Waals surface area contributed by atoms with Crippen molar-refractivity contribution in [1.82, 2.24) is 0 Å². The minimum atomic E-state index is 0.748. The van der Waals surface area contributed by atoms with Gasteiger partial charge in [-0.05, 0) is 55.4 Å². The first kappa shape index (κ1) is 19.2. The van der Waals surface area contributed by atoms with Gasteiger partial charge in [0.25, 0.3) is 0 Å². The van der Waals surface area contributed by atoms with Gasteiger partial charge in [0.1, 0.15) is 0 Å². The van der Waals surface area contributed by atoms with Crippen molar-refractivity contribution >= 4 is 5.71 Å². The van der Waals surface area contributed by atoms with Crippen molar-refractivity contribution in [3.63, 3.8) is 0 Å². The third-order valence-electron chi connectivity index (χ3n) is 4.06. The van der Waals surface area contributed by atoms with E-state index >= 15 is 0 Å². The van der Waals surface area contributed by atoms with Gasteiger partial charge in [-0.3, -0.25) is 4.99 Å². The molecular weight excluding hydrogens is 278 g/mol. The van der Waals surface area contributed by atoms with Crippen molar-refractivity contribution in [2.45, 2.75) is 60.4 Å². The summed E-state index contributed by atoms with van der Waals surface area (Å²) in [7, 11) is 0. The summed E-state index contributed by atoms with van der Waals surface area (Å²) in [4.78, 5) is 4.88. The molecule has 0 unspecified atom stereocenters. The van der Waals surface area contributed by atoms with Crippen LogP contribution < -0.4 is 0 Å². The smallest absolute Gasteiger partial charge is 0.0643 e. The molecule has 1 rings (SSSR count). The molecule has 0 aliphatic carbocycles. The van der Waals surface area contributed by atoms with Crippen LogP contribution in [0, 0.1) is 0 Å². The van der Waals surface area contributed by atoms with E-state index in [1.165, 1.54) is 28.0 Å². The maximum atomic E-state index is 4.88. The number of benzene rings is 1. The molecule has 0 amide bonds. The maximum absolute atomic E-state index is 4.88. The van der Waals surface area contributed by atoms with Gasteiger partial charge in [-0.1, -0.05) is 69.3 Å². The summed E-state index contributed by atoms with van der Waals surface area (Å²) in [5.74, 6) is 0. The summed E-state index contributed by atoms with van der Waals surface area (Å²) in [5, 5.41) is 0. The van der Waals surface area contributed by atoms with E-state index in [1.807, 2.05) is 6.07 Å². The molecule has 1 aromatic carbocycles. The van der Waals surface area contributed by atoms with Crippen LogP contribution in [-0.4, -0.2) is 5.71 Å². The predicted octanol–water partition coefficient (Wildman–Crippen LogP) is 6.68. The summed E-state index contributed by atoms with van der Waals surface area (Å²) >= 11 is 0. The molecule has 1 aromatic rings. The largest absolute Gasteiger partial charge is 0.285 e. The monoisotopic (exact) mass is 309 g/mol. The maximum Gasteiger partial charge on any atom is 0.0643 e. The molecule has 0 heterocycles. The van der Waals surface area contributed by atoms with Crippen molar-refractivity contribution in [2.24, 2.45) is 4.99 Å². The van der Waals surface area contributed by atoms with E-state index < -0.39 is 0 Å². The fourth-order valence-corrected chi connectivity index (χ4v) is 2.86. The van der Waals surface area contributed by atoms with Gasteiger partial charge in [-0.2, -0.15) is 0 Å². The molecule has 0 bridgehead atoms. The van der Waals surface area contributed by atoms with Crippen LogP contribution in [0.4, 0.5) is 0 Å². The van der Waals surface area contributed by atoms with E-state index in [4.69, 9.17) is 4.99 Å². The zero-order valence-corrected chi connectivity index (χ0v) is 15.4. The zero-order valence-electron chi connectivity index (χ0n) is 15.4. The summed E-state index contributed by atoms with van der Waals surface area (Å²) in [6.07, 6.45) is 5.28. The van der Waals surface area contributed by atoms with Crippen LogP contribution in [0.15, 0.2) is 70.3 Å². The van der Waals surface area contributed by atoms with Crippen molar-refractivity contribution in [1.29, 1.82) is 0 Å². The molecule has 0 aromatic heterocycles. The minimum absolute atomic E-state index is 0.748. The number of allylic oxidation sites excluding steroid dienone is 5. The van der Waals surface area contributed by atoms with Crippen LogP contribution in [0.5, 0.6) is 0 Å². The summed E-state index contributed by atoms with van der Waals surface area (Å²) in [5.41, 5.74) is 7.60. The third kappa shape index (κ3) is 5.67. The Bertz CT molecular complexity index is 600. The van der Waals surface area contributed by atoms with Crippen molar-refractivity contribution in [2.75, 3.05) is 0 Å². The second-order valence-electron chi connectivity index (χ2n) is 5.87. The molecule has 23 heavy (non-hydrogen) atoms. The zero-order chi connectivity index (χ0) is 17.2. The van der Waals surface area contributed by atoms with E-state index in [2.05, 4.69) is 71.5 Å². The lowest BCUT2D eigenvalue weighted by molar-refractivity contribution is 1.03. The molecule has 0 saturated heterocycles. The van der Waals surface area contributed by atoms with Crippen LogP contribution in [0.1, 0.15) is 59.4 Å². The van der Waals surface area contributed by atoms with Crippen LogP contribution in [0.2, 0.25) is 0 Å². The third-order valence-corrected chi connectivity index (χ3v) is 4.06. The van der Waals surface area contributed by atoms with Gasteiger partial charge in [0, 0.05) is 5.71 Å². The quantitative estimate of drug-likeness (QED) is 0.375. The summed E-state index contributed by atoms with van der Waals surface area (Å²) in [6, 6.07) is 10.4. The topological polar surface area (TPSA) is 12.4 Å². The number of hydrogen-bond donors (Lipinski definition) is 0. The average Bonchev–Trinajstić information content (AvgIpc) is 2.56. The Hall–Kier alpha value is -1.89. The highest BCUT2D eigenvalue weighted by Gasteiger charge is 2.11. The Labute approximate surface area is 142 Å². The molecule has 1 nitrogen and oxygen atoms in total. The molecule has 0 spiro atoms. The van der Waals surface area contributed by atoms with Gasteiger partial charge in [0.05, 0.1) is 6.54 Å². The molecule has 0 radical (unpaired) electrons. The van der Waals surface area contributed by atoms with Crippen LogP contribution >= 0.6 is 0 Å². The number of hydrogen-bond acceptors (Lipinski definition) is 1. The normalized spacial score (nSPS) is 13.8. The first-order chi connectivity index (χ1) is 11.0. The first-order valence-electron chi connectivity index (χ1n) is 8.68. The average molecular weight is 309 g/mol. The molecule has 0 fully saturated rings. The van der Waals surface area contributed by atoms with Gasteiger partial charge in [-0.15, -0.1) is 0 Å². The lowest BCUT2D eigenvalue weighted by Gasteiger charge is -2.16. The molecule has 0 N–H and O–H groups in total. The second-order valence-corrected chi connectivity index (χ2v) is 5.87. The fourth-order valence-electron chi connectivity index (χ4n) is 2.86. The molecule has 0 aliphatic heterocycles. The van der Waals surface area contributed by atoms with Crippen LogP contribution in [0.25, 0.3) is 0 Å². The highest BCUT2D eigenvalue weighted by atomic mass is 14.7. The van der Waals surface area contributed by atoms with Crippen molar-refractivity contribution in [3.8, 4) is 0 Å². The van der Waals surface area contributed by atoms with Gasteiger partial charge >= 0.3 is 0 Å². The number of nitrogens with zero attached hydrogens (tertiary/aromatic N) is 1. The summed E-state index contributed by atoms with van der Waals surface area (Å²) in [6.45, 7) is 15.8. The van der Waals surface area contributed by atoms with Crippen molar-refractivity contribution < 1.29 is 0 Å². The molecular formula is C22H31N. The van der Waals surface area contributed by atoms with E-state index in [1.54, 1.807) is 0 Å². The lowest BCUT2D eigenvalue weighted by Crippen LogP contribution is -2.05. The molecule has 0 atom stereocenters. The van der Waals surface area contributed by atoms with E-state index in [0.717, 1.165) is 31.4 Å². The predicted molar refractivity (Wildman–Crippen MR) is 104 cm³/mol. The Morgan fingerprint density at radius 2 is 1.70 bits per heavy atom. The fraction of sp³-hybridized carbons (Fsp3) is 0.409. The number of rotatable bonds is 8. The first-order valence-corrected chi connectivity index (χ1v) is 8.68. The van der Waals surface area contributed by atoms with Crippen molar-refractivity contribution in [3.05, 3.63) is 70.8 Å². The standard InChI is InChI=1S/C22H31N/c1-7-13-21(17(4)5)20(8-2)18(6)22(9-3)23-16-19-14-11-10-12-15-19/h10-15H,4,7-9,16H2,1-3,5-6H3/b20-18+,21-13-,23-22?. The molecule has 0 aliphatic rings. The molecule has 124 valence electrons. The van der Waals surface area contributed by atoms with E-state index in [0.29, 0.717) is 0 Å². The lowest BCUT2D eigenvalue weighted by atomic mass is 9.90. The molecule has 1 heteroatoms. The Morgan fingerprint density at radius 3 is 2.17 bits per heavy atom. The Kier molecular flexibility index (Phi) is 8.32. The SMILES string of the molecule is C=C(C)C(=C/CC)/C(CC)=C(\C)C(CC)=NCc1ccccc1. The Balaban J connectivity index is 3.18. The van der Waals surface area contributed by atoms with E-state index in [-0.39, 0.29) is 0 Å². The van der Waals surface area contributed by atoms with Gasteiger partial charge in [-0.25, -0.2) is 0 Å². The Morgan fingerprint density at radius 1 is 1.04 bits per heavy atom. The highest BCUT2D eigenvalue weighted by Crippen LogP contribution is 2.26. The summed E-state index contributed by atoms with van der Waals surface area (Å²) < 4.78 is 0. The van der Waals surface area contributed by atoms with E-state index in [9.17, 15) is 0 Å². The van der Waals surface area contributed by atoms with Crippen LogP contribution in [-0.2, 0) is 6.54 Å². The molecule has 0 saturated carbocycles. The number of aliphatic imine (C=N–C) groups is 1. The van der Waals surface area contributed by atoms with Gasteiger partial charge in [0.2, 0.25) is 0 Å². The van der Waals surface area contributed by atoms with Gasteiger partial charge in [0.15, 0.2) is 0 Å². The highest BCUT2D eigenvalue weighted by molar-refractivity contribution is 6.00. The van der Waals surface area contributed by atoms with Gasteiger partial charge < -0.3 is 0 Å².